The van der Waals surface area contributed by atoms with Crippen molar-refractivity contribution in [1.29, 1.82) is 0 Å². The number of nitrogens with zero attached hydrogens (tertiary/aromatic N) is 1. The maximum atomic E-state index is 14.1. The number of carbonyl (C=O) groups is 9. The summed E-state index contributed by atoms with van der Waals surface area (Å²) in [5.41, 5.74) is -0.980. The van der Waals surface area contributed by atoms with Crippen molar-refractivity contribution >= 4 is 53.2 Å². The van der Waals surface area contributed by atoms with Crippen LogP contribution in [0.2, 0.25) is 0 Å². The third-order valence-corrected chi connectivity index (χ3v) is 24.1. The van der Waals surface area contributed by atoms with Gasteiger partial charge in [-0.1, -0.05) is 78.6 Å². The number of rotatable bonds is 65. The Labute approximate surface area is 689 Å². The van der Waals surface area contributed by atoms with Crippen LogP contribution in [0.3, 0.4) is 0 Å². The summed E-state index contributed by atoms with van der Waals surface area (Å²) in [6.07, 6.45) is 11.9. The molecule has 1 saturated heterocycles. The fourth-order valence-corrected chi connectivity index (χ4v) is 16.3. The highest BCUT2D eigenvalue weighted by Crippen LogP contribution is 2.35. The van der Waals surface area contributed by atoms with Crippen molar-refractivity contribution in [3.05, 3.63) is 0 Å². The maximum Gasteiger partial charge on any atom is 0.407 e. The van der Waals surface area contributed by atoms with Gasteiger partial charge in [0, 0.05) is 178 Å². The number of hydrogen-bond acceptors (Lipinski definition) is 26. The molecule has 31 nitrogen and oxygen atoms in total. The van der Waals surface area contributed by atoms with Gasteiger partial charge in [0.1, 0.15) is 11.6 Å². The van der Waals surface area contributed by atoms with E-state index in [4.69, 9.17) is 33.2 Å². The van der Waals surface area contributed by atoms with E-state index in [9.17, 15) is 94.2 Å². The molecule has 116 heavy (non-hydrogen) atoms. The highest BCUT2D eigenvalue weighted by Gasteiger charge is 2.44. The number of esters is 2. The number of alkyl carbamates (subject to hydrolysis) is 1. The zero-order valence-electron chi connectivity index (χ0n) is 70.5. The van der Waals surface area contributed by atoms with Crippen molar-refractivity contribution in [1.82, 2.24) is 26.2 Å². The number of aliphatic hydroxyl groups excluding tert-OH is 10. The van der Waals surface area contributed by atoms with Crippen LogP contribution in [-0.4, -0.2) is 281 Å². The molecule has 5 amide bonds. The largest absolute Gasteiger partial charge is 0.466 e. The summed E-state index contributed by atoms with van der Waals surface area (Å²) >= 11 is 0. The molecule has 3 aliphatic carbocycles. The Hall–Kier alpha value is -5.13. The van der Waals surface area contributed by atoms with E-state index < -0.39 is 71.9 Å². The lowest BCUT2D eigenvalue weighted by Gasteiger charge is -2.40. The van der Waals surface area contributed by atoms with E-state index in [1.165, 1.54) is 0 Å². The van der Waals surface area contributed by atoms with Crippen molar-refractivity contribution < 1.29 is 127 Å². The van der Waals surface area contributed by atoms with Gasteiger partial charge in [-0.2, -0.15) is 0 Å². The van der Waals surface area contributed by atoms with Gasteiger partial charge in [-0.3, -0.25) is 38.4 Å². The van der Waals surface area contributed by atoms with Gasteiger partial charge in [0.25, 0.3) is 0 Å². The van der Waals surface area contributed by atoms with Gasteiger partial charge in [0.15, 0.2) is 0 Å². The van der Waals surface area contributed by atoms with Crippen LogP contribution < -0.4 is 21.3 Å². The third-order valence-electron chi connectivity index (χ3n) is 24.1. The molecule has 31 heteroatoms. The Kier molecular flexibility index (Phi) is 53.7. The molecule has 672 valence electrons. The minimum Gasteiger partial charge on any atom is -0.466 e. The van der Waals surface area contributed by atoms with Crippen LogP contribution in [0.5, 0.6) is 0 Å². The Bertz CT molecular complexity index is 2530. The first-order valence-corrected chi connectivity index (χ1v) is 44.1. The minimum atomic E-state index is -1.01. The summed E-state index contributed by atoms with van der Waals surface area (Å²) in [6.45, 7) is 7.31. The molecule has 0 bridgehead atoms. The lowest BCUT2D eigenvalue weighted by Crippen LogP contribution is -2.50. The zero-order valence-corrected chi connectivity index (χ0v) is 70.5. The van der Waals surface area contributed by atoms with Crippen LogP contribution in [0.1, 0.15) is 278 Å². The summed E-state index contributed by atoms with van der Waals surface area (Å²) < 4.78 is 40.3. The molecule has 4 rings (SSSR count). The van der Waals surface area contributed by atoms with Gasteiger partial charge in [-0.05, 0) is 135 Å². The van der Waals surface area contributed by atoms with Crippen LogP contribution in [0.25, 0.3) is 0 Å². The molecule has 17 atom stereocenters. The average molecular weight is 1660 g/mol. The third kappa shape index (κ3) is 41.0. The van der Waals surface area contributed by atoms with E-state index in [2.05, 4.69) is 21.3 Å². The number of ether oxygens (including phenoxy) is 7. The van der Waals surface area contributed by atoms with E-state index in [-0.39, 0.29) is 187 Å². The van der Waals surface area contributed by atoms with Gasteiger partial charge in [0.2, 0.25) is 23.6 Å². The van der Waals surface area contributed by atoms with Gasteiger partial charge >= 0.3 is 18.0 Å². The van der Waals surface area contributed by atoms with E-state index in [0.29, 0.717) is 174 Å². The number of amides is 5. The molecule has 1 heterocycles. The van der Waals surface area contributed by atoms with Crippen LogP contribution >= 0.6 is 0 Å². The number of nitrogens with one attached hydrogen (secondary N) is 4. The van der Waals surface area contributed by atoms with Crippen molar-refractivity contribution in [2.24, 2.45) is 35.5 Å². The molecule has 0 radical (unpaired) electrons. The van der Waals surface area contributed by atoms with E-state index >= 15 is 0 Å². The fraction of sp³-hybridized carbons (Fsp3) is 0.894. The van der Waals surface area contributed by atoms with Gasteiger partial charge in [-0.25, -0.2) is 4.79 Å². The van der Waals surface area contributed by atoms with Crippen molar-refractivity contribution in [2.75, 3.05) is 99.4 Å². The second-order valence-electron chi connectivity index (χ2n) is 33.3. The molecule has 4 aliphatic rings. The van der Waals surface area contributed by atoms with E-state index in [1.807, 2.05) is 0 Å². The molecule has 3 saturated carbocycles. The quantitative estimate of drug-likeness (QED) is 0.0190. The number of ketones is 2. The number of aliphatic hydroxyl groups is 10. The number of methoxy groups -OCH3 is 1. The Morgan fingerprint density at radius 2 is 0.724 bits per heavy atom. The Balaban J connectivity index is 1.25. The van der Waals surface area contributed by atoms with Gasteiger partial charge in [-0.15, -0.1) is 0 Å². The number of unbranched alkanes of at least 4 members (excludes halogenated alkanes) is 13. The number of likely N-dealkylation sites (tertiary alicyclic amines) is 1. The molecular weight excluding hydrogens is 1510 g/mol. The molecule has 1 aliphatic heterocycles. The molecule has 14 N–H and O–H groups in total. The maximum absolute atomic E-state index is 14.1. The molecular formula is C85H151N5O26. The van der Waals surface area contributed by atoms with Crippen molar-refractivity contribution in [3.63, 3.8) is 0 Å². The van der Waals surface area contributed by atoms with Crippen LogP contribution in [-0.2, 0) is 71.5 Å². The second kappa shape index (κ2) is 60.4. The first-order chi connectivity index (χ1) is 55.8. The average Bonchev–Trinajstić information content (AvgIpc) is 1.13. The monoisotopic (exact) mass is 1660 g/mol. The molecule has 0 spiro atoms. The number of carbonyl (C=O) groups excluding carboxylic acids is 9. The first kappa shape index (κ1) is 103. The summed E-state index contributed by atoms with van der Waals surface area (Å²) in [7, 11) is 1.57. The standard InChI is InChI=1S/C85H151N5O26/c1-59-69(50-62(55-91)81(106)78(59)103)111-44-22-30-66(95)28-14-8-5-13-21-43-88-84(109)116-49-27-40-85(89-74(99)37-36-67(96)29-17-18-33-75(100)90-54-68(110-4)53-65(90)58-94,38-25-47-114-76(101)34-15-9-6-11-19-41-86-72(97)31-23-45-112-70-51-63(56-92)82(107)79(104)60(70)2)39-26-48-115-77(102)35-16-10-7-12-20-42-87-73(98)32-24-46-113-71-52-64(57-93)83(108)80(105)61(71)3/h59-65,68-71,78-83,91-94,103-108H,5-58H2,1-4H3,(H,86,97)(H,87,98)(H,88,109)(H,89,99)/t59?,60?,61?,62?,63?,64?,65-,68+,69?,70?,71?,78?,79?,80?,81?,82?,83?,85?/m1/s1. The summed E-state index contributed by atoms with van der Waals surface area (Å²) in [5.74, 6) is -3.77. The second-order valence-corrected chi connectivity index (χ2v) is 33.3. The smallest absolute Gasteiger partial charge is 0.407 e. The molecule has 0 aromatic carbocycles. The highest BCUT2D eigenvalue weighted by atomic mass is 16.6. The van der Waals surface area contributed by atoms with Crippen LogP contribution in [0, 0.1) is 35.5 Å². The summed E-state index contributed by atoms with van der Waals surface area (Å²) in [6, 6.07) is -0.321. The topological polar surface area (TPSA) is 472 Å². The normalized spacial score (nSPS) is 25.9. The molecule has 0 aromatic rings. The highest BCUT2D eigenvalue weighted by molar-refractivity contribution is 5.85. The van der Waals surface area contributed by atoms with Crippen LogP contribution in [0.15, 0.2) is 0 Å². The van der Waals surface area contributed by atoms with Gasteiger partial charge in [0.05, 0.1) is 93.5 Å². The predicted octanol–water partition coefficient (Wildman–Crippen LogP) is 5.94. The number of Topliss-reactive ketones (excluding diaryl/α,β-unsaturated/α-hetero) is 2. The van der Waals surface area contributed by atoms with Gasteiger partial charge < -0.3 is 110 Å². The fourth-order valence-electron chi connectivity index (χ4n) is 16.3. The zero-order chi connectivity index (χ0) is 85.1. The van der Waals surface area contributed by atoms with E-state index in [0.717, 1.165) is 77.0 Å². The van der Waals surface area contributed by atoms with Crippen LogP contribution in [0.4, 0.5) is 4.79 Å². The Morgan fingerprint density at radius 1 is 0.362 bits per heavy atom. The number of hydrogen-bond donors (Lipinski definition) is 14. The molecule has 4 fully saturated rings. The predicted molar refractivity (Wildman–Crippen MR) is 431 cm³/mol. The molecule has 15 unspecified atom stereocenters. The lowest BCUT2D eigenvalue weighted by molar-refractivity contribution is -0.144. The van der Waals surface area contributed by atoms with Crippen molar-refractivity contribution in [2.45, 2.75) is 350 Å². The van der Waals surface area contributed by atoms with E-state index in [1.54, 1.807) is 32.8 Å². The van der Waals surface area contributed by atoms with Crippen molar-refractivity contribution in [3.8, 4) is 0 Å². The first-order valence-electron chi connectivity index (χ1n) is 44.1. The summed E-state index contributed by atoms with van der Waals surface area (Å²) in [4.78, 5) is 119. The molecule has 0 aromatic heterocycles. The summed E-state index contributed by atoms with van der Waals surface area (Å²) in [5, 5.41) is 112. The minimum absolute atomic E-state index is 0.00307. The Morgan fingerprint density at radius 3 is 1.15 bits per heavy atom. The SMILES string of the molecule is CO[C@H]1C[C@H](CO)N(C(=O)CCCCC(=O)CCC(=O)NC(CCCOC(=O)CCCCCCCNC(=O)CCCOC2CC(CO)C(O)C(O)C2C)(CCCOC(=O)CCCCCCCNC(=O)CCCOC2CC(CO)C(O)C(O)C2C)CCCOC(=O)NCCCCCCCC(=O)CCCOC2CC(CO)C(O)C(O)C2C)C1. The lowest BCUT2D eigenvalue weighted by atomic mass is 9.76.